The van der Waals surface area contributed by atoms with Gasteiger partial charge in [0.05, 0.1) is 5.69 Å². The standard InChI is InChI=1S/C13H16N2O2/c1-4-15-12-8(2)6-5-7-10(12)11(13(15)17)14-9(3)16/h5-7,11H,4H2,1-3H3,(H,14,16). The number of hydrogen-bond donors (Lipinski definition) is 1. The second-order valence-corrected chi connectivity index (χ2v) is 4.23. The maximum atomic E-state index is 12.2. The van der Waals surface area contributed by atoms with Gasteiger partial charge in [0.2, 0.25) is 5.91 Å². The van der Waals surface area contributed by atoms with Crippen molar-refractivity contribution in [1.82, 2.24) is 5.32 Å². The largest absolute Gasteiger partial charge is 0.341 e. The maximum absolute atomic E-state index is 12.2. The summed E-state index contributed by atoms with van der Waals surface area (Å²) in [4.78, 5) is 25.1. The Bertz CT molecular complexity index is 482. The van der Waals surface area contributed by atoms with Gasteiger partial charge >= 0.3 is 0 Å². The molecule has 0 aromatic heterocycles. The molecule has 1 unspecified atom stereocenters. The lowest BCUT2D eigenvalue weighted by Crippen LogP contribution is -2.36. The summed E-state index contributed by atoms with van der Waals surface area (Å²) in [6, 6.07) is 5.26. The zero-order chi connectivity index (χ0) is 12.6. The first-order valence-corrected chi connectivity index (χ1v) is 5.74. The SMILES string of the molecule is CCN1C(=O)C(NC(C)=O)c2cccc(C)c21. The lowest BCUT2D eigenvalue weighted by molar-refractivity contribution is -0.126. The van der Waals surface area contributed by atoms with Crippen LogP contribution in [0, 0.1) is 6.92 Å². The fourth-order valence-corrected chi connectivity index (χ4v) is 2.34. The van der Waals surface area contributed by atoms with Crippen LogP contribution in [0.2, 0.25) is 0 Å². The summed E-state index contributed by atoms with van der Waals surface area (Å²) in [6.45, 7) is 5.96. The number of benzene rings is 1. The molecule has 1 atom stereocenters. The average Bonchev–Trinajstić information content (AvgIpc) is 2.53. The van der Waals surface area contributed by atoms with E-state index in [1.807, 2.05) is 32.0 Å². The van der Waals surface area contributed by atoms with Gasteiger partial charge in [0.15, 0.2) is 0 Å². The molecule has 1 aromatic rings. The first kappa shape index (κ1) is 11.6. The smallest absolute Gasteiger partial charge is 0.254 e. The third kappa shape index (κ3) is 1.79. The Kier molecular flexibility index (Phi) is 2.88. The molecule has 0 aliphatic carbocycles. The number of anilines is 1. The van der Waals surface area contributed by atoms with E-state index in [2.05, 4.69) is 5.32 Å². The highest BCUT2D eigenvalue weighted by Gasteiger charge is 2.37. The van der Waals surface area contributed by atoms with Crippen LogP contribution in [0.3, 0.4) is 0 Å². The molecule has 0 saturated heterocycles. The third-order valence-electron chi connectivity index (χ3n) is 3.03. The molecule has 1 aliphatic rings. The highest BCUT2D eigenvalue weighted by atomic mass is 16.2. The Morgan fingerprint density at radius 2 is 2.18 bits per heavy atom. The molecule has 2 rings (SSSR count). The minimum Gasteiger partial charge on any atom is -0.341 e. The molecular formula is C13H16N2O2. The molecule has 0 radical (unpaired) electrons. The van der Waals surface area contributed by atoms with Crippen LogP contribution in [0.4, 0.5) is 5.69 Å². The molecule has 0 saturated carbocycles. The highest BCUT2D eigenvalue weighted by molar-refractivity contribution is 6.06. The fraction of sp³-hybridized carbons (Fsp3) is 0.385. The molecule has 1 heterocycles. The zero-order valence-electron chi connectivity index (χ0n) is 10.3. The number of likely N-dealkylation sites (N-methyl/N-ethyl adjacent to an activating group) is 1. The molecule has 17 heavy (non-hydrogen) atoms. The van der Waals surface area contributed by atoms with Crippen LogP contribution < -0.4 is 10.2 Å². The summed E-state index contributed by atoms with van der Waals surface area (Å²) in [7, 11) is 0. The van der Waals surface area contributed by atoms with E-state index in [9.17, 15) is 9.59 Å². The van der Waals surface area contributed by atoms with Crippen LogP contribution in [-0.4, -0.2) is 18.4 Å². The average molecular weight is 232 g/mol. The molecule has 4 nitrogen and oxygen atoms in total. The monoisotopic (exact) mass is 232 g/mol. The number of amides is 2. The lowest BCUT2D eigenvalue weighted by atomic mass is 10.1. The van der Waals surface area contributed by atoms with E-state index in [-0.39, 0.29) is 11.8 Å². The predicted octanol–water partition coefficient (Wildman–Crippen LogP) is 1.54. The molecule has 0 bridgehead atoms. The topological polar surface area (TPSA) is 49.4 Å². The number of nitrogens with zero attached hydrogens (tertiary/aromatic N) is 1. The molecular weight excluding hydrogens is 216 g/mol. The second kappa shape index (κ2) is 4.20. The Morgan fingerprint density at radius 1 is 1.47 bits per heavy atom. The van der Waals surface area contributed by atoms with Gasteiger partial charge in [0, 0.05) is 19.0 Å². The summed E-state index contributed by atoms with van der Waals surface area (Å²) in [5.41, 5.74) is 2.90. The van der Waals surface area contributed by atoms with Gasteiger partial charge in [-0.3, -0.25) is 9.59 Å². The van der Waals surface area contributed by atoms with Crippen molar-refractivity contribution in [3.63, 3.8) is 0 Å². The lowest BCUT2D eigenvalue weighted by Gasteiger charge is -2.16. The van der Waals surface area contributed by atoms with Gasteiger partial charge in [-0.05, 0) is 19.4 Å². The second-order valence-electron chi connectivity index (χ2n) is 4.23. The number of para-hydroxylation sites is 1. The van der Waals surface area contributed by atoms with Crippen molar-refractivity contribution in [2.45, 2.75) is 26.8 Å². The van der Waals surface area contributed by atoms with E-state index in [0.29, 0.717) is 6.54 Å². The van der Waals surface area contributed by atoms with E-state index >= 15 is 0 Å². The molecule has 4 heteroatoms. The van der Waals surface area contributed by atoms with Crippen molar-refractivity contribution in [1.29, 1.82) is 0 Å². The first-order valence-electron chi connectivity index (χ1n) is 5.74. The Morgan fingerprint density at radius 3 is 2.76 bits per heavy atom. The van der Waals surface area contributed by atoms with Gasteiger partial charge in [-0.2, -0.15) is 0 Å². The van der Waals surface area contributed by atoms with Gasteiger partial charge in [0.25, 0.3) is 5.91 Å². The van der Waals surface area contributed by atoms with Gasteiger partial charge in [-0.1, -0.05) is 18.2 Å². The number of rotatable bonds is 2. The minimum absolute atomic E-state index is 0.0491. The summed E-state index contributed by atoms with van der Waals surface area (Å²) in [6.07, 6.45) is 0. The van der Waals surface area contributed by atoms with E-state index in [1.54, 1.807) is 4.90 Å². The van der Waals surface area contributed by atoms with Gasteiger partial charge in [-0.25, -0.2) is 0 Å². The van der Waals surface area contributed by atoms with Crippen molar-refractivity contribution >= 4 is 17.5 Å². The fourth-order valence-electron chi connectivity index (χ4n) is 2.34. The van der Waals surface area contributed by atoms with Crippen molar-refractivity contribution in [3.05, 3.63) is 29.3 Å². The number of aryl methyl sites for hydroxylation is 1. The maximum Gasteiger partial charge on any atom is 0.254 e. The van der Waals surface area contributed by atoms with Crippen LogP contribution in [0.1, 0.15) is 31.0 Å². The zero-order valence-corrected chi connectivity index (χ0v) is 10.3. The molecule has 1 aromatic carbocycles. The van der Waals surface area contributed by atoms with E-state index in [1.165, 1.54) is 6.92 Å². The normalized spacial score (nSPS) is 18.2. The number of fused-ring (bicyclic) bond motifs is 1. The van der Waals surface area contributed by atoms with Crippen LogP contribution in [0.15, 0.2) is 18.2 Å². The Hall–Kier alpha value is -1.84. The van der Waals surface area contributed by atoms with Crippen molar-refractivity contribution in [2.24, 2.45) is 0 Å². The van der Waals surface area contributed by atoms with Crippen LogP contribution >= 0.6 is 0 Å². The molecule has 0 spiro atoms. The van der Waals surface area contributed by atoms with E-state index in [4.69, 9.17) is 0 Å². The number of carbonyl (C=O) groups is 2. The molecule has 2 amide bonds. The number of carbonyl (C=O) groups excluding carboxylic acids is 2. The van der Waals surface area contributed by atoms with Gasteiger partial charge in [-0.15, -0.1) is 0 Å². The quantitative estimate of drug-likeness (QED) is 0.840. The van der Waals surface area contributed by atoms with E-state index < -0.39 is 6.04 Å². The number of nitrogens with one attached hydrogen (secondary N) is 1. The van der Waals surface area contributed by atoms with Crippen molar-refractivity contribution in [3.8, 4) is 0 Å². The Balaban J connectivity index is 2.50. The summed E-state index contributed by atoms with van der Waals surface area (Å²) in [5.74, 6) is -0.235. The van der Waals surface area contributed by atoms with Crippen LogP contribution in [0.25, 0.3) is 0 Å². The molecule has 0 fully saturated rings. The van der Waals surface area contributed by atoms with E-state index in [0.717, 1.165) is 16.8 Å². The van der Waals surface area contributed by atoms with Gasteiger partial charge in [0.1, 0.15) is 6.04 Å². The molecule has 1 N–H and O–H groups in total. The molecule has 1 aliphatic heterocycles. The van der Waals surface area contributed by atoms with Crippen molar-refractivity contribution in [2.75, 3.05) is 11.4 Å². The first-order chi connectivity index (χ1) is 8.06. The van der Waals surface area contributed by atoms with Crippen LogP contribution in [-0.2, 0) is 9.59 Å². The molecule has 90 valence electrons. The summed E-state index contributed by atoms with van der Waals surface area (Å²) in [5, 5.41) is 2.71. The predicted molar refractivity (Wildman–Crippen MR) is 65.8 cm³/mol. The van der Waals surface area contributed by atoms with Crippen molar-refractivity contribution < 1.29 is 9.59 Å². The number of hydrogen-bond acceptors (Lipinski definition) is 2. The summed E-state index contributed by atoms with van der Waals surface area (Å²) < 4.78 is 0. The summed E-state index contributed by atoms with van der Waals surface area (Å²) >= 11 is 0. The van der Waals surface area contributed by atoms with Gasteiger partial charge < -0.3 is 10.2 Å². The minimum atomic E-state index is -0.526. The van der Waals surface area contributed by atoms with Crippen LogP contribution in [0.5, 0.6) is 0 Å². The highest BCUT2D eigenvalue weighted by Crippen LogP contribution is 2.37. The third-order valence-corrected chi connectivity index (χ3v) is 3.03. The Labute approximate surface area is 101 Å².